The van der Waals surface area contributed by atoms with Crippen molar-refractivity contribution in [1.82, 2.24) is 16.0 Å². The van der Waals surface area contributed by atoms with Gasteiger partial charge in [-0.3, -0.25) is 4.79 Å². The summed E-state index contributed by atoms with van der Waals surface area (Å²) in [6, 6.07) is 11.8. The third-order valence-electron chi connectivity index (χ3n) is 5.97. The molecule has 1 amide bonds. The highest BCUT2D eigenvalue weighted by Crippen LogP contribution is 2.41. The first-order valence-corrected chi connectivity index (χ1v) is 11.6. The maximum Gasteiger partial charge on any atom is 0.338 e. The summed E-state index contributed by atoms with van der Waals surface area (Å²) in [4.78, 5) is 24.8. The lowest BCUT2D eigenvalue weighted by Crippen LogP contribution is -2.54. The Hall–Kier alpha value is -3.13. The standard InChI is InChI=1S/C25H29N3O4S/c1-14-8-16-11-18(13-26-22(29)12-17-10-15(2)27-25(33)28-17)32-23(16)21(9-14)19-6-4-5-7-20(19)24(30)31-3/h4-9,15,17-18H,10-13H2,1-3H3,(H,26,29)(H2,27,28,33)/t15-,17+,18?/m1/s1. The van der Waals surface area contributed by atoms with E-state index in [9.17, 15) is 9.59 Å². The van der Waals surface area contributed by atoms with Gasteiger partial charge in [-0.15, -0.1) is 0 Å². The van der Waals surface area contributed by atoms with Crippen LogP contribution in [0.15, 0.2) is 36.4 Å². The molecule has 0 aromatic heterocycles. The van der Waals surface area contributed by atoms with Crippen molar-refractivity contribution in [2.45, 2.75) is 51.3 Å². The molecule has 2 heterocycles. The Morgan fingerprint density at radius 3 is 2.76 bits per heavy atom. The van der Waals surface area contributed by atoms with Gasteiger partial charge in [-0.05, 0) is 61.3 Å². The van der Waals surface area contributed by atoms with Gasteiger partial charge in [-0.2, -0.15) is 0 Å². The average molecular weight is 468 g/mol. The lowest BCUT2D eigenvalue weighted by molar-refractivity contribution is -0.121. The number of aryl methyl sites for hydroxylation is 1. The van der Waals surface area contributed by atoms with E-state index in [2.05, 4.69) is 28.9 Å². The van der Waals surface area contributed by atoms with Gasteiger partial charge in [0.25, 0.3) is 0 Å². The number of hydrogen-bond acceptors (Lipinski definition) is 5. The topological polar surface area (TPSA) is 88.7 Å². The number of carbonyl (C=O) groups is 2. The van der Waals surface area contributed by atoms with Crippen LogP contribution < -0.4 is 20.7 Å². The van der Waals surface area contributed by atoms with E-state index in [1.807, 2.05) is 31.2 Å². The molecule has 4 rings (SSSR count). The minimum atomic E-state index is -0.386. The molecule has 2 aliphatic heterocycles. The normalized spacial score (nSPS) is 21.3. The zero-order valence-electron chi connectivity index (χ0n) is 19.1. The smallest absolute Gasteiger partial charge is 0.338 e. The van der Waals surface area contributed by atoms with E-state index < -0.39 is 0 Å². The van der Waals surface area contributed by atoms with Crippen LogP contribution in [0.2, 0.25) is 0 Å². The predicted molar refractivity (Wildman–Crippen MR) is 130 cm³/mol. The largest absolute Gasteiger partial charge is 0.487 e. The van der Waals surface area contributed by atoms with Gasteiger partial charge in [0.05, 0.1) is 19.2 Å². The van der Waals surface area contributed by atoms with Crippen molar-refractivity contribution in [3.05, 3.63) is 53.1 Å². The van der Waals surface area contributed by atoms with Crippen LogP contribution in [0.5, 0.6) is 5.75 Å². The van der Waals surface area contributed by atoms with E-state index in [0.717, 1.165) is 34.4 Å². The molecule has 174 valence electrons. The Morgan fingerprint density at radius 2 is 2.00 bits per heavy atom. The van der Waals surface area contributed by atoms with Gasteiger partial charge in [0.15, 0.2) is 5.11 Å². The molecule has 3 N–H and O–H groups in total. The predicted octanol–water partition coefficient (Wildman–Crippen LogP) is 2.88. The summed E-state index contributed by atoms with van der Waals surface area (Å²) >= 11 is 5.20. The number of thiocarbonyl (C=S) groups is 1. The van der Waals surface area contributed by atoms with Crippen molar-refractivity contribution < 1.29 is 19.1 Å². The van der Waals surface area contributed by atoms with Crippen LogP contribution in [0.4, 0.5) is 0 Å². The summed E-state index contributed by atoms with van der Waals surface area (Å²) in [5, 5.41) is 9.91. The molecule has 0 spiro atoms. The maximum atomic E-state index is 12.5. The zero-order chi connectivity index (χ0) is 23.5. The lowest BCUT2D eigenvalue weighted by Gasteiger charge is -2.30. The van der Waals surface area contributed by atoms with E-state index >= 15 is 0 Å². The van der Waals surface area contributed by atoms with E-state index in [4.69, 9.17) is 21.7 Å². The van der Waals surface area contributed by atoms with E-state index in [1.165, 1.54) is 7.11 Å². The molecule has 33 heavy (non-hydrogen) atoms. The number of methoxy groups -OCH3 is 1. The molecule has 0 aliphatic carbocycles. The second-order valence-corrected chi connectivity index (χ2v) is 9.15. The number of benzene rings is 2. The molecule has 8 heteroatoms. The number of nitrogens with one attached hydrogen (secondary N) is 3. The molecule has 2 aromatic carbocycles. The third-order valence-corrected chi connectivity index (χ3v) is 6.21. The fourth-order valence-electron chi connectivity index (χ4n) is 4.57. The average Bonchev–Trinajstić information content (AvgIpc) is 3.18. The number of amides is 1. The van der Waals surface area contributed by atoms with Crippen LogP contribution in [0.3, 0.4) is 0 Å². The molecule has 2 aromatic rings. The lowest BCUT2D eigenvalue weighted by atomic mass is 9.94. The quantitative estimate of drug-likeness (QED) is 0.445. The van der Waals surface area contributed by atoms with Crippen molar-refractivity contribution in [3.63, 3.8) is 0 Å². The molecule has 3 atom stereocenters. The molecule has 0 saturated carbocycles. The first-order valence-electron chi connectivity index (χ1n) is 11.2. The Bertz CT molecular complexity index is 1090. The summed E-state index contributed by atoms with van der Waals surface area (Å²) in [7, 11) is 1.38. The van der Waals surface area contributed by atoms with Crippen LogP contribution in [0.25, 0.3) is 11.1 Å². The molecule has 0 radical (unpaired) electrons. The Balaban J connectivity index is 1.44. The molecular formula is C25H29N3O4S. The maximum absolute atomic E-state index is 12.5. The van der Waals surface area contributed by atoms with Crippen molar-refractivity contribution in [2.75, 3.05) is 13.7 Å². The molecule has 1 fully saturated rings. The highest BCUT2D eigenvalue weighted by atomic mass is 32.1. The van der Waals surface area contributed by atoms with Gasteiger partial charge in [0.2, 0.25) is 5.91 Å². The van der Waals surface area contributed by atoms with Crippen molar-refractivity contribution in [2.24, 2.45) is 0 Å². The van der Waals surface area contributed by atoms with Crippen molar-refractivity contribution in [1.29, 1.82) is 0 Å². The third kappa shape index (κ3) is 5.27. The summed E-state index contributed by atoms with van der Waals surface area (Å²) in [6.45, 7) is 4.49. The first-order chi connectivity index (χ1) is 15.8. The number of hydrogen-bond donors (Lipinski definition) is 3. The van der Waals surface area contributed by atoms with Gasteiger partial charge in [-0.1, -0.05) is 24.3 Å². The highest BCUT2D eigenvalue weighted by Gasteiger charge is 2.29. The molecule has 7 nitrogen and oxygen atoms in total. The molecule has 2 aliphatic rings. The molecular weight excluding hydrogens is 438 g/mol. The fraction of sp³-hybridized carbons (Fsp3) is 0.400. The van der Waals surface area contributed by atoms with Crippen molar-refractivity contribution >= 4 is 29.2 Å². The molecule has 1 saturated heterocycles. The SMILES string of the molecule is COC(=O)c1ccccc1-c1cc(C)cc2c1OC(CNC(=O)C[C@@H]1C[C@@H](C)NC(=S)N1)C2. The zero-order valence-corrected chi connectivity index (χ0v) is 19.9. The Kier molecular flexibility index (Phi) is 6.83. The summed E-state index contributed by atoms with van der Waals surface area (Å²) in [6.07, 6.45) is 1.72. The van der Waals surface area contributed by atoms with E-state index in [0.29, 0.717) is 30.1 Å². The van der Waals surface area contributed by atoms with Crippen LogP contribution in [-0.4, -0.2) is 48.8 Å². The van der Waals surface area contributed by atoms with Crippen LogP contribution in [0.1, 0.15) is 41.3 Å². The first kappa shape index (κ1) is 23.0. The van der Waals surface area contributed by atoms with Gasteiger partial charge < -0.3 is 25.4 Å². The number of carbonyl (C=O) groups excluding carboxylic acids is 2. The number of fused-ring (bicyclic) bond motifs is 1. The number of ether oxygens (including phenoxy) is 2. The second kappa shape index (κ2) is 9.79. The Morgan fingerprint density at radius 1 is 1.21 bits per heavy atom. The van der Waals surface area contributed by atoms with Gasteiger partial charge in [0.1, 0.15) is 11.9 Å². The van der Waals surface area contributed by atoms with Crippen LogP contribution in [-0.2, 0) is 16.0 Å². The van der Waals surface area contributed by atoms with E-state index in [1.54, 1.807) is 6.07 Å². The van der Waals surface area contributed by atoms with Crippen LogP contribution >= 0.6 is 12.2 Å². The minimum Gasteiger partial charge on any atom is -0.487 e. The van der Waals surface area contributed by atoms with Crippen LogP contribution in [0, 0.1) is 6.92 Å². The van der Waals surface area contributed by atoms with Gasteiger partial charge in [0, 0.05) is 30.5 Å². The summed E-state index contributed by atoms with van der Waals surface area (Å²) in [5.41, 5.74) is 4.29. The summed E-state index contributed by atoms with van der Waals surface area (Å²) < 4.78 is 11.2. The monoisotopic (exact) mass is 467 g/mol. The fourth-order valence-corrected chi connectivity index (χ4v) is 4.93. The highest BCUT2D eigenvalue weighted by molar-refractivity contribution is 7.80. The van der Waals surface area contributed by atoms with Crippen molar-refractivity contribution in [3.8, 4) is 16.9 Å². The van der Waals surface area contributed by atoms with E-state index in [-0.39, 0.29) is 30.1 Å². The summed E-state index contributed by atoms with van der Waals surface area (Å²) in [5.74, 6) is 0.342. The number of rotatable bonds is 6. The minimum absolute atomic E-state index is 0.0273. The molecule has 0 bridgehead atoms. The Labute approximate surface area is 199 Å². The van der Waals surface area contributed by atoms with Gasteiger partial charge in [-0.25, -0.2) is 4.79 Å². The number of esters is 1. The van der Waals surface area contributed by atoms with Gasteiger partial charge >= 0.3 is 5.97 Å². The second-order valence-electron chi connectivity index (χ2n) is 8.74. The molecule has 1 unspecified atom stereocenters.